The third-order valence-electron chi connectivity index (χ3n) is 7.81. The van der Waals surface area contributed by atoms with Crippen LogP contribution in [0.3, 0.4) is 0 Å². The van der Waals surface area contributed by atoms with Gasteiger partial charge in [0.15, 0.2) is 5.58 Å². The number of likely N-dealkylation sites (tertiary alicyclic amines) is 1. The predicted octanol–water partition coefficient (Wildman–Crippen LogP) is 6.35. The molecule has 0 N–H and O–H groups in total. The van der Waals surface area contributed by atoms with E-state index in [1.54, 1.807) is 24.3 Å². The Hall–Kier alpha value is -2.94. The molecular weight excluding hydrogens is 542 g/mol. The Labute approximate surface area is 235 Å². The molecule has 204 valence electrons. The molecule has 2 aromatic carbocycles. The number of hydrogen-bond acceptors (Lipinski definition) is 6. The van der Waals surface area contributed by atoms with E-state index >= 15 is 0 Å². The molecule has 3 heterocycles. The van der Waals surface area contributed by atoms with Gasteiger partial charge in [0.25, 0.3) is 5.56 Å². The van der Waals surface area contributed by atoms with E-state index in [2.05, 4.69) is 15.2 Å². The molecule has 6 rings (SSSR count). The second-order valence-corrected chi connectivity index (χ2v) is 11.1. The minimum absolute atomic E-state index is 0.122. The van der Waals surface area contributed by atoms with Crippen LogP contribution in [0.2, 0.25) is 10.0 Å². The van der Waals surface area contributed by atoms with E-state index in [4.69, 9.17) is 32.5 Å². The highest BCUT2D eigenvalue weighted by atomic mass is 35.5. The van der Waals surface area contributed by atoms with E-state index in [0.717, 1.165) is 86.8 Å². The van der Waals surface area contributed by atoms with Crippen molar-refractivity contribution in [1.82, 2.24) is 19.8 Å². The van der Waals surface area contributed by atoms with E-state index in [1.807, 2.05) is 0 Å². The maximum atomic E-state index is 13.5. The lowest BCUT2D eigenvalue weighted by Gasteiger charge is -2.31. The molecule has 10 heteroatoms. The van der Waals surface area contributed by atoms with Crippen LogP contribution in [0.25, 0.3) is 16.7 Å². The smallest absolute Gasteiger partial charge is 0.275 e. The standard InChI is InChI=1S/C29H29Cl2FN4O3/c30-24-9-7-20(17-25(24)31)36-29(37)22-5-2-1-4-21(22)28(33-36)38-15-3-12-35-13-10-18(11-14-35)27-23-8-6-19(32)16-26(23)39-34-27/h6-9,16-18H,1-5,10-15H2. The molecule has 1 aliphatic heterocycles. The summed E-state index contributed by atoms with van der Waals surface area (Å²) >= 11 is 12.3. The summed E-state index contributed by atoms with van der Waals surface area (Å²) in [5, 5.41) is 10.6. The van der Waals surface area contributed by atoms with Crippen LogP contribution in [0.5, 0.6) is 5.88 Å². The van der Waals surface area contributed by atoms with Crippen LogP contribution in [-0.2, 0) is 12.8 Å². The van der Waals surface area contributed by atoms with Crippen LogP contribution in [0.4, 0.5) is 4.39 Å². The molecule has 4 aromatic rings. The van der Waals surface area contributed by atoms with Crippen LogP contribution in [0.15, 0.2) is 45.7 Å². The van der Waals surface area contributed by atoms with Crippen molar-refractivity contribution < 1.29 is 13.7 Å². The molecule has 0 amide bonds. The number of rotatable bonds is 7. The van der Waals surface area contributed by atoms with Crippen LogP contribution in [0.1, 0.15) is 54.8 Å². The first-order chi connectivity index (χ1) is 19.0. The minimum Gasteiger partial charge on any atom is -0.476 e. The topological polar surface area (TPSA) is 73.4 Å². The van der Waals surface area contributed by atoms with Gasteiger partial charge in [0, 0.05) is 35.0 Å². The maximum Gasteiger partial charge on any atom is 0.275 e. The van der Waals surface area contributed by atoms with Crippen molar-refractivity contribution in [3.8, 4) is 11.6 Å². The summed E-state index contributed by atoms with van der Waals surface area (Å²) in [4.78, 5) is 15.7. The van der Waals surface area contributed by atoms with Gasteiger partial charge in [-0.3, -0.25) is 4.79 Å². The number of nitrogens with zero attached hydrogens (tertiary/aromatic N) is 4. The quantitative estimate of drug-likeness (QED) is 0.241. The summed E-state index contributed by atoms with van der Waals surface area (Å²) in [5.74, 6) is 0.525. The fourth-order valence-electron chi connectivity index (χ4n) is 5.72. The number of fused-ring (bicyclic) bond motifs is 2. The molecular formula is C29H29Cl2FN4O3. The van der Waals surface area contributed by atoms with Crippen molar-refractivity contribution in [2.24, 2.45) is 0 Å². The second kappa shape index (κ2) is 11.3. The first-order valence-corrected chi connectivity index (χ1v) is 14.2. The van der Waals surface area contributed by atoms with Crippen molar-refractivity contribution in [3.05, 3.63) is 79.4 Å². The normalized spacial score (nSPS) is 16.5. The highest BCUT2D eigenvalue weighted by molar-refractivity contribution is 6.42. The summed E-state index contributed by atoms with van der Waals surface area (Å²) < 4.78 is 26.4. The van der Waals surface area contributed by atoms with Crippen molar-refractivity contribution in [1.29, 1.82) is 0 Å². The first-order valence-electron chi connectivity index (χ1n) is 13.5. The van der Waals surface area contributed by atoms with E-state index < -0.39 is 0 Å². The second-order valence-electron chi connectivity index (χ2n) is 10.3. The zero-order valence-electron chi connectivity index (χ0n) is 21.5. The molecule has 0 saturated carbocycles. The molecule has 0 spiro atoms. The third-order valence-corrected chi connectivity index (χ3v) is 8.55. The number of halogens is 3. The maximum absolute atomic E-state index is 13.5. The number of aromatic nitrogens is 3. The average Bonchev–Trinajstić information content (AvgIpc) is 3.37. The number of benzene rings is 2. The average molecular weight is 571 g/mol. The van der Waals surface area contributed by atoms with E-state index in [9.17, 15) is 9.18 Å². The Bertz CT molecular complexity index is 1560. The number of piperidine rings is 1. The van der Waals surface area contributed by atoms with Gasteiger partial charge in [-0.25, -0.2) is 4.39 Å². The fourth-order valence-corrected chi connectivity index (χ4v) is 6.01. The van der Waals surface area contributed by atoms with Crippen LogP contribution in [0, 0.1) is 5.82 Å². The Morgan fingerprint density at radius 2 is 1.82 bits per heavy atom. The molecule has 0 radical (unpaired) electrons. The van der Waals surface area contributed by atoms with Gasteiger partial charge in [0.1, 0.15) is 5.82 Å². The lowest BCUT2D eigenvalue weighted by Crippen LogP contribution is -2.34. The molecule has 0 bridgehead atoms. The van der Waals surface area contributed by atoms with Gasteiger partial charge < -0.3 is 14.2 Å². The summed E-state index contributed by atoms with van der Waals surface area (Å²) in [7, 11) is 0. The van der Waals surface area contributed by atoms with Crippen molar-refractivity contribution in [3.63, 3.8) is 0 Å². The zero-order valence-corrected chi connectivity index (χ0v) is 23.0. The Morgan fingerprint density at radius 3 is 2.62 bits per heavy atom. The van der Waals surface area contributed by atoms with Crippen molar-refractivity contribution in [2.45, 2.75) is 50.9 Å². The molecule has 0 unspecified atom stereocenters. The summed E-state index contributed by atoms with van der Waals surface area (Å²) in [6.07, 6.45) is 6.31. The van der Waals surface area contributed by atoms with Gasteiger partial charge in [-0.05, 0) is 88.4 Å². The first kappa shape index (κ1) is 26.3. The SMILES string of the molecule is O=c1c2c(c(OCCCN3CCC(c4noc5cc(F)ccc45)CC3)nn1-c1ccc(Cl)c(Cl)c1)CCCC2. The van der Waals surface area contributed by atoms with E-state index in [1.165, 1.54) is 16.8 Å². The van der Waals surface area contributed by atoms with Crippen LogP contribution >= 0.6 is 23.2 Å². The van der Waals surface area contributed by atoms with Gasteiger partial charge in [0.05, 0.1) is 28.0 Å². The van der Waals surface area contributed by atoms with E-state index in [-0.39, 0.29) is 11.4 Å². The number of hydrogen-bond donors (Lipinski definition) is 0. The van der Waals surface area contributed by atoms with Gasteiger partial charge in [-0.15, -0.1) is 5.10 Å². The van der Waals surface area contributed by atoms with Gasteiger partial charge >= 0.3 is 0 Å². The molecule has 1 fully saturated rings. The Morgan fingerprint density at radius 1 is 1.03 bits per heavy atom. The lowest BCUT2D eigenvalue weighted by molar-refractivity contribution is 0.188. The lowest BCUT2D eigenvalue weighted by atomic mass is 9.91. The molecule has 0 atom stereocenters. The summed E-state index contributed by atoms with van der Waals surface area (Å²) in [5.41, 5.74) is 3.60. The minimum atomic E-state index is -0.314. The molecule has 7 nitrogen and oxygen atoms in total. The van der Waals surface area contributed by atoms with Gasteiger partial charge in [-0.2, -0.15) is 4.68 Å². The molecule has 2 aromatic heterocycles. The largest absolute Gasteiger partial charge is 0.476 e. The molecule has 2 aliphatic rings. The highest BCUT2D eigenvalue weighted by Crippen LogP contribution is 2.33. The third kappa shape index (κ3) is 5.42. The Balaban J connectivity index is 1.08. The summed E-state index contributed by atoms with van der Waals surface area (Å²) in [6.45, 7) is 3.33. The van der Waals surface area contributed by atoms with Gasteiger partial charge in [-0.1, -0.05) is 28.4 Å². The highest BCUT2D eigenvalue weighted by Gasteiger charge is 2.26. The fraction of sp³-hybridized carbons (Fsp3) is 0.414. The molecule has 1 saturated heterocycles. The Kier molecular flexibility index (Phi) is 7.60. The van der Waals surface area contributed by atoms with Crippen LogP contribution < -0.4 is 10.3 Å². The van der Waals surface area contributed by atoms with Crippen molar-refractivity contribution >= 4 is 34.2 Å². The summed E-state index contributed by atoms with van der Waals surface area (Å²) in [6, 6.07) is 9.68. The molecule has 39 heavy (non-hydrogen) atoms. The zero-order chi connectivity index (χ0) is 26.9. The monoisotopic (exact) mass is 570 g/mol. The number of ether oxygens (including phenoxy) is 1. The predicted molar refractivity (Wildman–Crippen MR) is 149 cm³/mol. The van der Waals surface area contributed by atoms with Crippen molar-refractivity contribution in [2.75, 3.05) is 26.2 Å². The van der Waals surface area contributed by atoms with Crippen LogP contribution in [-0.4, -0.2) is 46.1 Å². The van der Waals surface area contributed by atoms with E-state index in [0.29, 0.717) is 39.7 Å². The molecule has 1 aliphatic carbocycles. The van der Waals surface area contributed by atoms with Gasteiger partial charge in [0.2, 0.25) is 5.88 Å².